The third kappa shape index (κ3) is 2.03. The molecule has 0 radical (unpaired) electrons. The Kier molecular flexibility index (Phi) is 2.76. The molecule has 0 spiro atoms. The predicted molar refractivity (Wildman–Crippen MR) is 59.7 cm³/mol. The van der Waals surface area contributed by atoms with Crippen LogP contribution in [0.5, 0.6) is 0 Å². The summed E-state index contributed by atoms with van der Waals surface area (Å²) >= 11 is 0. The zero-order valence-electron chi connectivity index (χ0n) is 9.27. The second-order valence-electron chi connectivity index (χ2n) is 3.56. The van der Waals surface area contributed by atoms with E-state index >= 15 is 0 Å². The molecular weight excluding hydrogens is 240 g/mol. The molecular formula is C10H8N4O4. The Balaban J connectivity index is 2.47. The van der Waals surface area contributed by atoms with Crippen LogP contribution in [0.1, 0.15) is 16.1 Å². The molecule has 8 nitrogen and oxygen atoms in total. The van der Waals surface area contributed by atoms with Gasteiger partial charge >= 0.3 is 5.97 Å². The van der Waals surface area contributed by atoms with E-state index in [4.69, 9.17) is 5.11 Å². The molecule has 18 heavy (non-hydrogen) atoms. The van der Waals surface area contributed by atoms with Crippen LogP contribution >= 0.6 is 0 Å². The van der Waals surface area contributed by atoms with Crippen LogP contribution in [0.3, 0.4) is 0 Å². The van der Waals surface area contributed by atoms with Crippen molar-refractivity contribution >= 4 is 11.7 Å². The number of nitrogens with zero attached hydrogens (tertiary/aromatic N) is 4. The fourth-order valence-electron chi connectivity index (χ4n) is 1.40. The molecule has 0 aromatic carbocycles. The Morgan fingerprint density at radius 3 is 2.78 bits per heavy atom. The smallest absolute Gasteiger partial charge is 0.356 e. The largest absolute Gasteiger partial charge is 0.476 e. The highest BCUT2D eigenvalue weighted by atomic mass is 16.6. The van der Waals surface area contributed by atoms with Gasteiger partial charge in [0, 0.05) is 18.0 Å². The van der Waals surface area contributed by atoms with E-state index in [0.717, 1.165) is 0 Å². The number of hydrogen-bond acceptors (Lipinski definition) is 5. The summed E-state index contributed by atoms with van der Waals surface area (Å²) in [6, 6.07) is 1.27. The van der Waals surface area contributed by atoms with E-state index in [-0.39, 0.29) is 17.2 Å². The normalized spacial score (nSPS) is 10.3. The monoisotopic (exact) mass is 248 g/mol. The first-order valence-electron chi connectivity index (χ1n) is 4.87. The standard InChI is InChI=1S/C10H8N4O4/c1-6-3-11-9(2-8(6)14(17)18)13-4-7(10(15)16)12-5-13/h2-5H,1H3,(H,15,16). The molecule has 2 heterocycles. The van der Waals surface area contributed by atoms with Crippen molar-refractivity contribution in [2.75, 3.05) is 0 Å². The molecule has 0 unspecified atom stereocenters. The molecule has 0 bridgehead atoms. The van der Waals surface area contributed by atoms with Crippen LogP contribution in [-0.2, 0) is 0 Å². The Labute approximate surface area is 101 Å². The molecule has 0 amide bonds. The number of pyridine rings is 1. The first-order chi connectivity index (χ1) is 8.49. The fraction of sp³-hybridized carbons (Fsp3) is 0.100. The molecule has 0 aliphatic carbocycles. The second-order valence-corrected chi connectivity index (χ2v) is 3.56. The molecule has 2 rings (SSSR count). The van der Waals surface area contributed by atoms with E-state index in [1.807, 2.05) is 0 Å². The molecule has 1 N–H and O–H groups in total. The van der Waals surface area contributed by atoms with Crippen LogP contribution in [0.4, 0.5) is 5.69 Å². The minimum atomic E-state index is -1.17. The number of nitro groups is 1. The van der Waals surface area contributed by atoms with Gasteiger partial charge in [-0.1, -0.05) is 0 Å². The SMILES string of the molecule is Cc1cnc(-n2cnc(C(=O)O)c2)cc1[N+](=O)[O-]. The zero-order valence-corrected chi connectivity index (χ0v) is 9.27. The summed E-state index contributed by atoms with van der Waals surface area (Å²) in [4.78, 5) is 28.6. The number of carboxylic acids is 1. The molecule has 0 saturated carbocycles. The van der Waals surface area contributed by atoms with Crippen molar-refractivity contribution in [3.8, 4) is 5.82 Å². The maximum atomic E-state index is 10.8. The lowest BCUT2D eigenvalue weighted by Gasteiger charge is -2.02. The number of aryl methyl sites for hydroxylation is 1. The van der Waals surface area contributed by atoms with Crippen molar-refractivity contribution in [2.24, 2.45) is 0 Å². The molecule has 0 saturated heterocycles. The molecule has 0 aliphatic rings. The van der Waals surface area contributed by atoms with Crippen molar-refractivity contribution in [1.82, 2.24) is 14.5 Å². The summed E-state index contributed by atoms with van der Waals surface area (Å²) in [5, 5.41) is 19.5. The van der Waals surface area contributed by atoms with Gasteiger partial charge in [-0.25, -0.2) is 14.8 Å². The summed E-state index contributed by atoms with van der Waals surface area (Å²) in [5.74, 6) is -0.928. The van der Waals surface area contributed by atoms with Crippen molar-refractivity contribution in [2.45, 2.75) is 6.92 Å². The molecule has 2 aromatic heterocycles. The summed E-state index contributed by atoms with van der Waals surface area (Å²) in [7, 11) is 0. The van der Waals surface area contributed by atoms with Gasteiger partial charge < -0.3 is 5.11 Å². The molecule has 2 aromatic rings. The number of carboxylic acid groups (broad SMARTS) is 1. The highest BCUT2D eigenvalue weighted by Gasteiger charge is 2.14. The number of aromatic carboxylic acids is 1. The van der Waals surface area contributed by atoms with Gasteiger partial charge in [-0.2, -0.15) is 0 Å². The lowest BCUT2D eigenvalue weighted by Crippen LogP contribution is -1.99. The number of hydrogen-bond donors (Lipinski definition) is 1. The van der Waals surface area contributed by atoms with Gasteiger partial charge in [0.25, 0.3) is 5.69 Å². The van der Waals surface area contributed by atoms with Crippen LogP contribution in [0, 0.1) is 17.0 Å². The number of carbonyl (C=O) groups is 1. The molecule has 0 atom stereocenters. The Morgan fingerprint density at radius 1 is 1.50 bits per heavy atom. The van der Waals surface area contributed by atoms with Crippen LogP contribution in [0.2, 0.25) is 0 Å². The lowest BCUT2D eigenvalue weighted by molar-refractivity contribution is -0.385. The fourth-order valence-corrected chi connectivity index (χ4v) is 1.40. The topological polar surface area (TPSA) is 111 Å². The molecule has 0 fully saturated rings. The van der Waals surface area contributed by atoms with Gasteiger partial charge in [0.05, 0.1) is 11.0 Å². The first-order valence-corrected chi connectivity index (χ1v) is 4.87. The van der Waals surface area contributed by atoms with Gasteiger partial charge in [0.2, 0.25) is 0 Å². The van der Waals surface area contributed by atoms with Crippen LogP contribution in [0.15, 0.2) is 24.8 Å². The quantitative estimate of drug-likeness (QED) is 0.644. The van der Waals surface area contributed by atoms with Crippen molar-refractivity contribution in [1.29, 1.82) is 0 Å². The van der Waals surface area contributed by atoms with Gasteiger partial charge in [0.15, 0.2) is 5.69 Å². The first kappa shape index (κ1) is 11.7. The maximum absolute atomic E-state index is 10.8. The number of aromatic nitrogens is 3. The van der Waals surface area contributed by atoms with Crippen molar-refractivity contribution in [3.05, 3.63) is 46.2 Å². The highest BCUT2D eigenvalue weighted by molar-refractivity contribution is 5.85. The summed E-state index contributed by atoms with van der Waals surface area (Å²) in [6.45, 7) is 1.57. The van der Waals surface area contributed by atoms with E-state index in [1.165, 1.54) is 29.4 Å². The van der Waals surface area contributed by atoms with Gasteiger partial charge in [-0.3, -0.25) is 14.7 Å². The Bertz CT molecular complexity index is 635. The maximum Gasteiger partial charge on any atom is 0.356 e. The van der Waals surface area contributed by atoms with E-state index in [1.54, 1.807) is 6.92 Å². The van der Waals surface area contributed by atoms with Gasteiger partial charge in [0.1, 0.15) is 12.1 Å². The van der Waals surface area contributed by atoms with Crippen molar-refractivity contribution < 1.29 is 14.8 Å². The number of imidazole rings is 1. The predicted octanol–water partition coefficient (Wildman–Crippen LogP) is 1.18. The van der Waals surface area contributed by atoms with Crippen molar-refractivity contribution in [3.63, 3.8) is 0 Å². The average molecular weight is 248 g/mol. The van der Waals surface area contributed by atoms with E-state index in [2.05, 4.69) is 9.97 Å². The molecule has 8 heteroatoms. The molecule has 92 valence electrons. The minimum Gasteiger partial charge on any atom is -0.476 e. The third-order valence-corrected chi connectivity index (χ3v) is 2.32. The second kappa shape index (κ2) is 4.24. The summed E-state index contributed by atoms with van der Waals surface area (Å²) in [5.41, 5.74) is 0.202. The van der Waals surface area contributed by atoms with Crippen LogP contribution < -0.4 is 0 Å². The van der Waals surface area contributed by atoms with Crippen LogP contribution in [-0.4, -0.2) is 30.5 Å². The van der Waals surface area contributed by atoms with Crippen LogP contribution in [0.25, 0.3) is 5.82 Å². The van der Waals surface area contributed by atoms with E-state index in [9.17, 15) is 14.9 Å². The summed E-state index contributed by atoms with van der Waals surface area (Å²) < 4.78 is 1.32. The Morgan fingerprint density at radius 2 is 2.22 bits per heavy atom. The average Bonchev–Trinajstić information content (AvgIpc) is 2.78. The number of rotatable bonds is 3. The molecule has 0 aliphatic heterocycles. The third-order valence-electron chi connectivity index (χ3n) is 2.32. The van der Waals surface area contributed by atoms with E-state index < -0.39 is 10.9 Å². The Hall–Kier alpha value is -2.77. The highest BCUT2D eigenvalue weighted by Crippen LogP contribution is 2.19. The summed E-state index contributed by atoms with van der Waals surface area (Å²) in [6.07, 6.45) is 3.84. The van der Waals surface area contributed by atoms with Gasteiger partial charge in [-0.15, -0.1) is 0 Å². The minimum absolute atomic E-state index is 0.0782. The van der Waals surface area contributed by atoms with E-state index in [0.29, 0.717) is 5.56 Å². The van der Waals surface area contributed by atoms with Gasteiger partial charge in [-0.05, 0) is 6.92 Å². The lowest BCUT2D eigenvalue weighted by atomic mass is 10.2. The zero-order chi connectivity index (χ0) is 13.3.